The normalized spacial score (nSPS) is 14.3. The highest BCUT2D eigenvalue weighted by atomic mass is 35.5. The van der Waals surface area contributed by atoms with Crippen molar-refractivity contribution in [2.24, 2.45) is 0 Å². The van der Waals surface area contributed by atoms with Crippen LogP contribution in [0.25, 0.3) is 6.08 Å². The number of Topliss-reactive ketones (excluding diaryl/α,β-unsaturated/α-hetero) is 1. The van der Waals surface area contributed by atoms with Crippen LogP contribution in [0.5, 0.6) is 17.2 Å². The van der Waals surface area contributed by atoms with Crippen LogP contribution in [-0.4, -0.2) is 21.3 Å². The van der Waals surface area contributed by atoms with Crippen LogP contribution in [-0.2, 0) is 10.1 Å². The number of methoxy groups -OCH3 is 1. The summed E-state index contributed by atoms with van der Waals surface area (Å²) in [7, 11) is -2.50. The van der Waals surface area contributed by atoms with Gasteiger partial charge in [0.15, 0.2) is 5.76 Å². The Labute approximate surface area is 178 Å². The van der Waals surface area contributed by atoms with Gasteiger partial charge in [-0.25, -0.2) is 0 Å². The van der Waals surface area contributed by atoms with E-state index in [0.717, 1.165) is 5.56 Å². The standard InChI is InChI=1S/C22H15ClO6S/c1-27-16-4-2-3-14(11-16)12-21-22(24)19-10-7-17(13-20(19)28-21)29-30(25,26)18-8-5-15(23)6-9-18/h2-13H,1H3. The van der Waals surface area contributed by atoms with Crippen molar-refractivity contribution >= 4 is 33.6 Å². The van der Waals surface area contributed by atoms with E-state index in [2.05, 4.69) is 0 Å². The number of hydrogen-bond donors (Lipinski definition) is 0. The highest BCUT2D eigenvalue weighted by Gasteiger charge is 2.28. The van der Waals surface area contributed by atoms with Crippen LogP contribution in [0, 0.1) is 0 Å². The molecule has 0 aromatic heterocycles. The quantitative estimate of drug-likeness (QED) is 0.419. The van der Waals surface area contributed by atoms with Gasteiger partial charge in [0.2, 0.25) is 5.78 Å². The highest BCUT2D eigenvalue weighted by molar-refractivity contribution is 7.87. The Hall–Kier alpha value is -3.29. The number of allylic oxidation sites excluding steroid dienone is 1. The minimum Gasteiger partial charge on any atom is -0.497 e. The lowest BCUT2D eigenvalue weighted by atomic mass is 10.1. The van der Waals surface area contributed by atoms with Crippen LogP contribution in [0.4, 0.5) is 0 Å². The number of carbonyl (C=O) groups excluding carboxylic acids is 1. The first-order chi connectivity index (χ1) is 14.4. The van der Waals surface area contributed by atoms with E-state index in [0.29, 0.717) is 16.3 Å². The maximum absolute atomic E-state index is 12.6. The third-order valence-corrected chi connectivity index (χ3v) is 5.85. The largest absolute Gasteiger partial charge is 0.497 e. The van der Waals surface area contributed by atoms with Gasteiger partial charge in [-0.15, -0.1) is 0 Å². The van der Waals surface area contributed by atoms with Gasteiger partial charge in [0.25, 0.3) is 0 Å². The number of halogens is 1. The first-order valence-electron chi connectivity index (χ1n) is 8.78. The molecule has 30 heavy (non-hydrogen) atoms. The zero-order valence-corrected chi connectivity index (χ0v) is 17.2. The molecule has 0 atom stereocenters. The Bertz CT molecular complexity index is 1260. The second kappa shape index (κ2) is 7.85. The average molecular weight is 443 g/mol. The molecule has 152 valence electrons. The minimum absolute atomic E-state index is 0.0270. The summed E-state index contributed by atoms with van der Waals surface area (Å²) in [6.07, 6.45) is 1.59. The molecule has 0 aliphatic carbocycles. The van der Waals surface area contributed by atoms with Crippen LogP contribution in [0.3, 0.4) is 0 Å². The van der Waals surface area contributed by atoms with Gasteiger partial charge < -0.3 is 13.7 Å². The average Bonchev–Trinajstić information content (AvgIpc) is 3.03. The van der Waals surface area contributed by atoms with Gasteiger partial charge in [-0.1, -0.05) is 23.7 Å². The topological polar surface area (TPSA) is 78.9 Å². The summed E-state index contributed by atoms with van der Waals surface area (Å²) in [4.78, 5) is 12.6. The van der Waals surface area contributed by atoms with Gasteiger partial charge in [-0.05, 0) is 60.2 Å². The van der Waals surface area contributed by atoms with E-state index in [9.17, 15) is 13.2 Å². The summed E-state index contributed by atoms with van der Waals surface area (Å²) in [5.41, 5.74) is 1.05. The highest BCUT2D eigenvalue weighted by Crippen LogP contribution is 2.36. The van der Waals surface area contributed by atoms with E-state index in [1.54, 1.807) is 31.4 Å². The molecule has 0 saturated carbocycles. The number of rotatable bonds is 5. The third kappa shape index (κ3) is 4.03. The van der Waals surface area contributed by atoms with E-state index < -0.39 is 10.1 Å². The smallest absolute Gasteiger partial charge is 0.339 e. The van der Waals surface area contributed by atoms with Crippen molar-refractivity contribution < 1.29 is 26.9 Å². The Kier molecular flexibility index (Phi) is 5.24. The van der Waals surface area contributed by atoms with Crippen LogP contribution in [0.2, 0.25) is 5.02 Å². The summed E-state index contributed by atoms with van der Waals surface area (Å²) < 4.78 is 40.9. The van der Waals surface area contributed by atoms with Crippen molar-refractivity contribution in [1.82, 2.24) is 0 Å². The molecule has 1 heterocycles. The maximum Gasteiger partial charge on any atom is 0.339 e. The molecular weight excluding hydrogens is 428 g/mol. The summed E-state index contributed by atoms with van der Waals surface area (Å²) in [5.74, 6) is 0.711. The zero-order valence-electron chi connectivity index (χ0n) is 15.7. The fourth-order valence-corrected chi connectivity index (χ4v) is 3.93. The van der Waals surface area contributed by atoms with Gasteiger partial charge >= 0.3 is 10.1 Å². The summed E-state index contributed by atoms with van der Waals surface area (Å²) >= 11 is 5.79. The van der Waals surface area contributed by atoms with Crippen molar-refractivity contribution in [2.75, 3.05) is 7.11 Å². The Balaban J connectivity index is 1.59. The molecular formula is C22H15ClO6S. The number of ether oxygens (including phenoxy) is 2. The Morgan fingerprint density at radius 3 is 2.47 bits per heavy atom. The molecule has 0 bridgehead atoms. The molecule has 3 aromatic rings. The van der Waals surface area contributed by atoms with E-state index >= 15 is 0 Å². The molecule has 0 unspecified atom stereocenters. The molecule has 1 aliphatic rings. The second-order valence-electron chi connectivity index (χ2n) is 6.37. The Morgan fingerprint density at radius 2 is 1.73 bits per heavy atom. The summed E-state index contributed by atoms with van der Waals surface area (Å²) in [6.45, 7) is 0. The first kappa shape index (κ1) is 20.0. The molecule has 0 fully saturated rings. The predicted molar refractivity (Wildman–Crippen MR) is 112 cm³/mol. The maximum atomic E-state index is 12.6. The predicted octanol–water partition coefficient (Wildman–Crippen LogP) is 4.73. The van der Waals surface area contributed by atoms with Crippen molar-refractivity contribution in [3.05, 3.63) is 88.6 Å². The Morgan fingerprint density at radius 1 is 0.967 bits per heavy atom. The number of benzene rings is 3. The molecule has 0 saturated heterocycles. The van der Waals surface area contributed by atoms with Crippen molar-refractivity contribution in [1.29, 1.82) is 0 Å². The van der Waals surface area contributed by atoms with E-state index in [4.69, 9.17) is 25.3 Å². The minimum atomic E-state index is -4.06. The van der Waals surface area contributed by atoms with E-state index in [1.165, 1.54) is 42.5 Å². The molecule has 3 aromatic carbocycles. The number of fused-ring (bicyclic) bond motifs is 1. The summed E-state index contributed by atoms with van der Waals surface area (Å²) in [6, 6.07) is 17.0. The number of carbonyl (C=O) groups is 1. The van der Waals surface area contributed by atoms with Crippen LogP contribution < -0.4 is 13.7 Å². The van der Waals surface area contributed by atoms with Gasteiger partial charge in [0, 0.05) is 11.1 Å². The van der Waals surface area contributed by atoms with Gasteiger partial charge in [-0.3, -0.25) is 4.79 Å². The first-order valence-corrected chi connectivity index (χ1v) is 10.6. The molecule has 0 spiro atoms. The van der Waals surface area contributed by atoms with E-state index in [-0.39, 0.29) is 27.9 Å². The van der Waals surface area contributed by atoms with Crippen molar-refractivity contribution in [3.63, 3.8) is 0 Å². The zero-order chi connectivity index (χ0) is 21.3. The number of ketones is 1. The molecule has 1 aliphatic heterocycles. The van der Waals surface area contributed by atoms with E-state index in [1.807, 2.05) is 6.07 Å². The molecule has 0 N–H and O–H groups in total. The van der Waals surface area contributed by atoms with Gasteiger partial charge in [-0.2, -0.15) is 8.42 Å². The fraction of sp³-hybridized carbons (Fsp3) is 0.0455. The molecule has 0 radical (unpaired) electrons. The summed E-state index contributed by atoms with van der Waals surface area (Å²) in [5, 5.41) is 0.411. The SMILES string of the molecule is COc1cccc(C=C2Oc3cc(OS(=O)(=O)c4ccc(Cl)cc4)ccc3C2=O)c1. The van der Waals surface area contributed by atoms with Crippen molar-refractivity contribution in [3.8, 4) is 17.2 Å². The lowest BCUT2D eigenvalue weighted by molar-refractivity contribution is 0.101. The van der Waals surface area contributed by atoms with Crippen LogP contribution in [0.15, 0.2) is 77.4 Å². The third-order valence-electron chi connectivity index (χ3n) is 4.34. The second-order valence-corrected chi connectivity index (χ2v) is 8.35. The lowest BCUT2D eigenvalue weighted by Gasteiger charge is -2.08. The monoisotopic (exact) mass is 442 g/mol. The molecule has 4 rings (SSSR count). The lowest BCUT2D eigenvalue weighted by Crippen LogP contribution is -2.09. The van der Waals surface area contributed by atoms with Crippen LogP contribution in [0.1, 0.15) is 15.9 Å². The number of hydrogen-bond acceptors (Lipinski definition) is 6. The van der Waals surface area contributed by atoms with Crippen molar-refractivity contribution in [2.45, 2.75) is 4.90 Å². The van der Waals surface area contributed by atoms with Gasteiger partial charge in [0.05, 0.1) is 12.7 Å². The van der Waals surface area contributed by atoms with Gasteiger partial charge in [0.1, 0.15) is 22.1 Å². The molecule has 6 nitrogen and oxygen atoms in total. The molecule has 0 amide bonds. The van der Waals surface area contributed by atoms with Crippen LogP contribution >= 0.6 is 11.6 Å². The fourth-order valence-electron chi connectivity index (χ4n) is 2.88. The molecule has 8 heteroatoms.